The molecule has 8 nitrogen and oxygen atoms in total. The van der Waals surface area contributed by atoms with E-state index in [1.807, 2.05) is 24.3 Å². The summed E-state index contributed by atoms with van der Waals surface area (Å²) in [6, 6.07) is 16.1. The Hall–Kier alpha value is -3.39. The number of carboxylic acids is 1. The van der Waals surface area contributed by atoms with Crippen LogP contribution in [0, 0.1) is 5.92 Å². The van der Waals surface area contributed by atoms with Gasteiger partial charge in [0, 0.05) is 24.9 Å². The maximum Gasteiger partial charge on any atom is 0.407 e. The van der Waals surface area contributed by atoms with Crippen molar-refractivity contribution < 1.29 is 29.0 Å². The van der Waals surface area contributed by atoms with Crippen LogP contribution in [0.15, 0.2) is 48.5 Å². The lowest BCUT2D eigenvalue weighted by Gasteiger charge is -2.24. The maximum atomic E-state index is 12.8. The zero-order chi connectivity index (χ0) is 24.6. The van der Waals surface area contributed by atoms with Gasteiger partial charge in [0.2, 0.25) is 5.91 Å². The molecule has 2 aliphatic rings. The van der Waals surface area contributed by atoms with Crippen LogP contribution in [-0.2, 0) is 19.1 Å². The third-order valence-electron chi connectivity index (χ3n) is 6.82. The first-order chi connectivity index (χ1) is 17.0. The van der Waals surface area contributed by atoms with Gasteiger partial charge in [0.05, 0.1) is 6.61 Å². The topological polar surface area (TPSA) is 114 Å². The lowest BCUT2D eigenvalue weighted by atomic mass is 9.95. The molecule has 0 aromatic heterocycles. The number of carboxylic acid groups (broad SMARTS) is 1. The molecule has 186 valence electrons. The van der Waals surface area contributed by atoms with Crippen molar-refractivity contribution in [1.82, 2.24) is 10.6 Å². The lowest BCUT2D eigenvalue weighted by Crippen LogP contribution is -2.44. The van der Waals surface area contributed by atoms with Crippen molar-refractivity contribution in [2.75, 3.05) is 26.4 Å². The van der Waals surface area contributed by atoms with Crippen LogP contribution in [0.1, 0.15) is 49.1 Å². The van der Waals surface area contributed by atoms with E-state index in [9.17, 15) is 14.4 Å². The van der Waals surface area contributed by atoms with E-state index in [2.05, 4.69) is 34.9 Å². The minimum absolute atomic E-state index is 0.0211. The molecule has 8 heteroatoms. The highest BCUT2D eigenvalue weighted by atomic mass is 16.5. The molecule has 0 heterocycles. The molecular weight excluding hydrogens is 448 g/mol. The number of hydrogen-bond donors (Lipinski definition) is 3. The number of alkyl carbamates (subject to hydrolysis) is 1. The van der Waals surface area contributed by atoms with Crippen LogP contribution in [0.2, 0.25) is 0 Å². The Labute approximate surface area is 205 Å². The van der Waals surface area contributed by atoms with Gasteiger partial charge in [-0.2, -0.15) is 0 Å². The minimum Gasteiger partial charge on any atom is -0.480 e. The molecule has 2 aromatic carbocycles. The quantitative estimate of drug-likeness (QED) is 0.423. The fourth-order valence-corrected chi connectivity index (χ4v) is 5.18. The van der Waals surface area contributed by atoms with E-state index < -0.39 is 18.7 Å². The summed E-state index contributed by atoms with van der Waals surface area (Å²) in [5.74, 6) is -1.05. The SMILES string of the molecule is O=C(O)COCCNC(=O)CC(NC(=O)OCC1c2ccccc2-c2ccccc21)C1CCCC1. The molecule has 2 amide bonds. The number of carbonyl (C=O) groups is 3. The fraction of sp³-hybridized carbons (Fsp3) is 0.444. The fourth-order valence-electron chi connectivity index (χ4n) is 5.18. The van der Waals surface area contributed by atoms with Crippen LogP contribution in [0.4, 0.5) is 4.79 Å². The van der Waals surface area contributed by atoms with Crippen molar-refractivity contribution in [2.45, 2.75) is 44.1 Å². The van der Waals surface area contributed by atoms with Crippen molar-refractivity contribution in [3.63, 3.8) is 0 Å². The zero-order valence-electron chi connectivity index (χ0n) is 19.7. The van der Waals surface area contributed by atoms with Gasteiger partial charge in [0.15, 0.2) is 0 Å². The largest absolute Gasteiger partial charge is 0.480 e. The summed E-state index contributed by atoms with van der Waals surface area (Å²) in [6.45, 7) is 0.161. The molecule has 0 radical (unpaired) electrons. The van der Waals surface area contributed by atoms with E-state index >= 15 is 0 Å². The summed E-state index contributed by atoms with van der Waals surface area (Å²) in [5.41, 5.74) is 4.64. The summed E-state index contributed by atoms with van der Waals surface area (Å²) in [5, 5.41) is 14.3. The molecule has 1 fully saturated rings. The van der Waals surface area contributed by atoms with E-state index in [1.54, 1.807) is 0 Å². The first-order valence-corrected chi connectivity index (χ1v) is 12.2. The van der Waals surface area contributed by atoms with Crippen LogP contribution in [0.3, 0.4) is 0 Å². The summed E-state index contributed by atoms with van der Waals surface area (Å²) in [7, 11) is 0. The molecule has 2 aliphatic carbocycles. The predicted octanol–water partition coefficient (Wildman–Crippen LogP) is 3.69. The van der Waals surface area contributed by atoms with Crippen molar-refractivity contribution >= 4 is 18.0 Å². The summed E-state index contributed by atoms with van der Waals surface area (Å²) < 4.78 is 10.6. The number of ether oxygens (including phenoxy) is 2. The number of carbonyl (C=O) groups excluding carboxylic acids is 2. The molecule has 1 saturated carbocycles. The van der Waals surface area contributed by atoms with Crippen LogP contribution >= 0.6 is 0 Å². The predicted molar refractivity (Wildman–Crippen MR) is 130 cm³/mol. The molecule has 35 heavy (non-hydrogen) atoms. The number of benzene rings is 2. The van der Waals surface area contributed by atoms with E-state index in [0.29, 0.717) is 0 Å². The van der Waals surface area contributed by atoms with Gasteiger partial charge in [-0.25, -0.2) is 9.59 Å². The minimum atomic E-state index is -1.05. The third-order valence-corrected chi connectivity index (χ3v) is 6.82. The second-order valence-electron chi connectivity index (χ2n) is 9.12. The van der Waals surface area contributed by atoms with E-state index in [4.69, 9.17) is 14.6 Å². The highest BCUT2D eigenvalue weighted by Gasteiger charge is 2.31. The van der Waals surface area contributed by atoms with Gasteiger partial charge in [-0.15, -0.1) is 0 Å². The van der Waals surface area contributed by atoms with Gasteiger partial charge in [0.25, 0.3) is 0 Å². The molecule has 4 rings (SSSR count). The average Bonchev–Trinajstić information content (AvgIpc) is 3.49. The number of hydrogen-bond acceptors (Lipinski definition) is 5. The van der Waals surface area contributed by atoms with Gasteiger partial charge >= 0.3 is 12.1 Å². The molecule has 0 spiro atoms. The van der Waals surface area contributed by atoms with Crippen molar-refractivity contribution in [2.24, 2.45) is 5.92 Å². The molecular formula is C27H32N2O6. The van der Waals surface area contributed by atoms with Crippen LogP contribution in [0.5, 0.6) is 0 Å². The van der Waals surface area contributed by atoms with E-state index in [1.165, 1.54) is 11.1 Å². The number of aliphatic carboxylic acids is 1. The Kier molecular flexibility index (Phi) is 8.36. The van der Waals surface area contributed by atoms with Crippen LogP contribution in [0.25, 0.3) is 11.1 Å². The monoisotopic (exact) mass is 480 g/mol. The van der Waals surface area contributed by atoms with Crippen LogP contribution in [-0.4, -0.2) is 55.5 Å². The zero-order valence-corrected chi connectivity index (χ0v) is 19.7. The van der Waals surface area contributed by atoms with E-state index in [-0.39, 0.29) is 50.0 Å². The lowest BCUT2D eigenvalue weighted by molar-refractivity contribution is -0.142. The first-order valence-electron chi connectivity index (χ1n) is 12.2. The molecule has 1 unspecified atom stereocenters. The molecule has 2 aromatic rings. The number of nitrogens with one attached hydrogen (secondary N) is 2. The second kappa shape index (κ2) is 11.8. The molecule has 0 bridgehead atoms. The normalized spacial score (nSPS) is 15.8. The summed E-state index contributed by atoms with van der Waals surface area (Å²) in [4.78, 5) is 35.7. The Balaban J connectivity index is 1.31. The smallest absolute Gasteiger partial charge is 0.407 e. The van der Waals surface area contributed by atoms with Gasteiger partial charge < -0.3 is 25.2 Å². The molecule has 3 N–H and O–H groups in total. The maximum absolute atomic E-state index is 12.8. The van der Waals surface area contributed by atoms with Crippen molar-refractivity contribution in [1.29, 1.82) is 0 Å². The van der Waals surface area contributed by atoms with Crippen LogP contribution < -0.4 is 10.6 Å². The second-order valence-corrected chi connectivity index (χ2v) is 9.12. The first kappa shape index (κ1) is 24.7. The molecule has 0 aliphatic heterocycles. The third kappa shape index (κ3) is 6.39. The molecule has 1 atom stereocenters. The van der Waals surface area contributed by atoms with Crippen molar-refractivity contribution in [3.8, 4) is 11.1 Å². The van der Waals surface area contributed by atoms with Crippen molar-refractivity contribution in [3.05, 3.63) is 59.7 Å². The average molecular weight is 481 g/mol. The Morgan fingerprint density at radius 2 is 1.60 bits per heavy atom. The van der Waals surface area contributed by atoms with E-state index in [0.717, 1.165) is 36.8 Å². The van der Waals surface area contributed by atoms with Gasteiger partial charge in [-0.1, -0.05) is 61.4 Å². The number of rotatable bonds is 11. The summed E-state index contributed by atoms with van der Waals surface area (Å²) >= 11 is 0. The standard InChI is InChI=1S/C27H32N2O6/c30-25(28-13-14-34-17-26(31)32)15-24(18-7-1-2-8-18)29-27(33)35-16-23-21-11-5-3-9-19(21)20-10-4-6-12-22(20)23/h3-6,9-12,18,23-24H,1-2,7-8,13-17H2,(H,28,30)(H,29,33)(H,31,32). The van der Waals surface area contributed by atoms with Gasteiger partial charge in [-0.3, -0.25) is 4.79 Å². The Morgan fingerprint density at radius 3 is 2.23 bits per heavy atom. The highest BCUT2D eigenvalue weighted by Crippen LogP contribution is 2.44. The Morgan fingerprint density at radius 1 is 0.971 bits per heavy atom. The Bertz CT molecular complexity index is 1000. The molecule has 0 saturated heterocycles. The summed E-state index contributed by atoms with van der Waals surface area (Å²) in [6.07, 6.45) is 3.72. The number of amides is 2. The van der Waals surface area contributed by atoms with Gasteiger partial charge in [-0.05, 0) is 41.0 Å². The van der Waals surface area contributed by atoms with Gasteiger partial charge in [0.1, 0.15) is 13.2 Å². The highest BCUT2D eigenvalue weighted by molar-refractivity contribution is 5.79. The number of fused-ring (bicyclic) bond motifs is 3.